The molecule has 0 aromatic carbocycles. The van der Waals surface area contributed by atoms with Crippen molar-refractivity contribution in [1.29, 1.82) is 0 Å². The molecule has 0 aromatic rings. The van der Waals surface area contributed by atoms with Gasteiger partial charge in [0.2, 0.25) is 5.91 Å². The van der Waals surface area contributed by atoms with E-state index in [2.05, 4.69) is 0 Å². The smallest absolute Gasteiger partial charge is 0.246 e. The Bertz CT molecular complexity index is 183. The van der Waals surface area contributed by atoms with Gasteiger partial charge in [-0.15, -0.1) is 0 Å². The van der Waals surface area contributed by atoms with Crippen molar-refractivity contribution < 1.29 is 14.4 Å². The Morgan fingerprint density at radius 1 is 1.46 bits per heavy atom. The Labute approximate surface area is 77.7 Å². The minimum absolute atomic E-state index is 0.119. The van der Waals surface area contributed by atoms with E-state index in [1.54, 1.807) is 0 Å². The van der Waals surface area contributed by atoms with Gasteiger partial charge in [-0.2, -0.15) is 0 Å². The first-order chi connectivity index (χ1) is 6.36. The fraction of sp³-hybridized carbons (Fsp3) is 0.889. The molecule has 2 saturated heterocycles. The molecule has 2 rings (SSSR count). The third kappa shape index (κ3) is 2.19. The van der Waals surface area contributed by atoms with Gasteiger partial charge in [-0.3, -0.25) is 9.63 Å². The minimum atomic E-state index is 0.119. The van der Waals surface area contributed by atoms with E-state index >= 15 is 0 Å². The highest BCUT2D eigenvalue weighted by molar-refractivity contribution is 5.75. The van der Waals surface area contributed by atoms with E-state index in [9.17, 15) is 4.79 Å². The van der Waals surface area contributed by atoms with Gasteiger partial charge in [0.15, 0.2) is 0 Å². The summed E-state index contributed by atoms with van der Waals surface area (Å²) in [6, 6.07) is 0. The van der Waals surface area contributed by atoms with E-state index in [0.29, 0.717) is 18.9 Å². The predicted molar refractivity (Wildman–Crippen MR) is 45.8 cm³/mol. The molecular weight excluding hydrogens is 170 g/mol. The average Bonchev–Trinajstić information content (AvgIpc) is 2.74. The van der Waals surface area contributed by atoms with E-state index < -0.39 is 0 Å². The molecule has 1 atom stereocenters. The van der Waals surface area contributed by atoms with Crippen LogP contribution in [0.1, 0.15) is 19.3 Å². The summed E-state index contributed by atoms with van der Waals surface area (Å²) < 4.78 is 5.21. The molecule has 4 heteroatoms. The largest absolute Gasteiger partial charge is 0.381 e. The van der Waals surface area contributed by atoms with Gasteiger partial charge in [-0.1, -0.05) is 0 Å². The normalized spacial score (nSPS) is 28.3. The third-order valence-corrected chi connectivity index (χ3v) is 2.52. The zero-order valence-electron chi connectivity index (χ0n) is 7.70. The number of carbonyl (C=O) groups is 1. The van der Waals surface area contributed by atoms with Crippen LogP contribution in [0, 0.1) is 5.92 Å². The number of rotatable bonds is 2. The first-order valence-corrected chi connectivity index (χ1v) is 4.87. The van der Waals surface area contributed by atoms with Gasteiger partial charge in [-0.25, -0.2) is 5.06 Å². The first kappa shape index (κ1) is 8.97. The van der Waals surface area contributed by atoms with Crippen LogP contribution in [0.4, 0.5) is 0 Å². The summed E-state index contributed by atoms with van der Waals surface area (Å²) >= 11 is 0. The number of nitrogens with zero attached hydrogens (tertiary/aromatic N) is 1. The van der Waals surface area contributed by atoms with Crippen LogP contribution >= 0.6 is 0 Å². The molecule has 2 heterocycles. The number of ether oxygens (including phenoxy) is 1. The van der Waals surface area contributed by atoms with Crippen LogP contribution in [-0.4, -0.2) is 37.3 Å². The molecule has 2 aliphatic rings. The molecule has 0 spiro atoms. The van der Waals surface area contributed by atoms with Gasteiger partial charge < -0.3 is 4.74 Å². The second-order valence-electron chi connectivity index (χ2n) is 3.62. The summed E-state index contributed by atoms with van der Waals surface area (Å²) in [7, 11) is 0. The maximum absolute atomic E-state index is 11.5. The van der Waals surface area contributed by atoms with Crippen molar-refractivity contribution in [3.63, 3.8) is 0 Å². The van der Waals surface area contributed by atoms with Gasteiger partial charge in [0.25, 0.3) is 0 Å². The quantitative estimate of drug-likeness (QED) is 0.631. The molecule has 0 saturated carbocycles. The Morgan fingerprint density at radius 3 is 3.00 bits per heavy atom. The molecule has 0 bridgehead atoms. The number of hydrogen-bond donors (Lipinski definition) is 0. The summed E-state index contributed by atoms with van der Waals surface area (Å²) in [5.41, 5.74) is 0. The molecule has 0 unspecified atom stereocenters. The lowest BCUT2D eigenvalue weighted by Gasteiger charge is -2.15. The molecule has 0 aromatic heterocycles. The van der Waals surface area contributed by atoms with Crippen LogP contribution in [0.25, 0.3) is 0 Å². The molecule has 1 amide bonds. The highest BCUT2D eigenvalue weighted by Crippen LogP contribution is 2.18. The molecule has 74 valence electrons. The summed E-state index contributed by atoms with van der Waals surface area (Å²) in [4.78, 5) is 16.7. The fourth-order valence-electron chi connectivity index (χ4n) is 1.74. The maximum Gasteiger partial charge on any atom is 0.246 e. The van der Waals surface area contributed by atoms with E-state index in [1.807, 2.05) is 0 Å². The van der Waals surface area contributed by atoms with Crippen LogP contribution < -0.4 is 0 Å². The minimum Gasteiger partial charge on any atom is -0.381 e. The Kier molecular flexibility index (Phi) is 2.80. The van der Waals surface area contributed by atoms with Crippen molar-refractivity contribution in [2.45, 2.75) is 19.3 Å². The number of hydroxylamine groups is 2. The van der Waals surface area contributed by atoms with E-state index in [-0.39, 0.29) is 5.91 Å². The Hall–Kier alpha value is -0.610. The highest BCUT2D eigenvalue weighted by Gasteiger charge is 2.24. The van der Waals surface area contributed by atoms with Crippen molar-refractivity contribution in [2.24, 2.45) is 5.92 Å². The van der Waals surface area contributed by atoms with Gasteiger partial charge in [0.1, 0.15) is 0 Å². The standard InChI is InChI=1S/C9H15NO3/c11-9(10-3-1-4-13-10)6-8-2-5-12-7-8/h8H,1-7H2/t8-/m1/s1. The Morgan fingerprint density at radius 2 is 2.38 bits per heavy atom. The highest BCUT2D eigenvalue weighted by atomic mass is 16.7. The Balaban J connectivity index is 1.76. The molecule has 0 aliphatic carbocycles. The van der Waals surface area contributed by atoms with Crippen LogP contribution in [0.2, 0.25) is 0 Å². The zero-order valence-corrected chi connectivity index (χ0v) is 7.70. The van der Waals surface area contributed by atoms with E-state index in [0.717, 1.165) is 32.6 Å². The van der Waals surface area contributed by atoms with E-state index in [1.165, 1.54) is 5.06 Å². The van der Waals surface area contributed by atoms with Crippen molar-refractivity contribution >= 4 is 5.91 Å². The van der Waals surface area contributed by atoms with Gasteiger partial charge in [0.05, 0.1) is 13.2 Å². The van der Waals surface area contributed by atoms with Gasteiger partial charge in [-0.05, 0) is 18.8 Å². The lowest BCUT2D eigenvalue weighted by molar-refractivity contribution is -0.169. The molecule has 2 aliphatic heterocycles. The molecule has 2 fully saturated rings. The summed E-state index contributed by atoms with van der Waals surface area (Å²) in [6.07, 6.45) is 2.56. The van der Waals surface area contributed by atoms with Crippen molar-refractivity contribution in [3.05, 3.63) is 0 Å². The number of amides is 1. The van der Waals surface area contributed by atoms with Crippen molar-refractivity contribution in [1.82, 2.24) is 5.06 Å². The summed E-state index contributed by atoms with van der Waals surface area (Å²) in [6.45, 7) is 2.98. The van der Waals surface area contributed by atoms with Gasteiger partial charge in [0, 0.05) is 19.6 Å². The number of carbonyl (C=O) groups excluding carboxylic acids is 1. The molecule has 4 nitrogen and oxygen atoms in total. The second kappa shape index (κ2) is 4.07. The fourth-order valence-corrected chi connectivity index (χ4v) is 1.74. The van der Waals surface area contributed by atoms with Crippen LogP contribution in [0.5, 0.6) is 0 Å². The first-order valence-electron chi connectivity index (χ1n) is 4.87. The molecule has 13 heavy (non-hydrogen) atoms. The SMILES string of the molecule is O=C(C[C@H]1CCOC1)N1CCCO1. The predicted octanol–water partition coefficient (Wildman–Crippen LogP) is 0.577. The lowest BCUT2D eigenvalue weighted by atomic mass is 10.0. The summed E-state index contributed by atoms with van der Waals surface area (Å²) in [5.74, 6) is 0.532. The van der Waals surface area contributed by atoms with E-state index in [4.69, 9.17) is 9.57 Å². The third-order valence-electron chi connectivity index (χ3n) is 2.52. The number of hydrogen-bond acceptors (Lipinski definition) is 3. The van der Waals surface area contributed by atoms with Crippen molar-refractivity contribution in [2.75, 3.05) is 26.4 Å². The molecule has 0 N–H and O–H groups in total. The average molecular weight is 185 g/mol. The summed E-state index contributed by atoms with van der Waals surface area (Å²) in [5, 5.41) is 1.50. The van der Waals surface area contributed by atoms with Crippen LogP contribution in [0.15, 0.2) is 0 Å². The zero-order chi connectivity index (χ0) is 9.10. The van der Waals surface area contributed by atoms with Gasteiger partial charge >= 0.3 is 0 Å². The second-order valence-corrected chi connectivity index (χ2v) is 3.62. The van der Waals surface area contributed by atoms with Crippen LogP contribution in [-0.2, 0) is 14.4 Å². The maximum atomic E-state index is 11.5. The van der Waals surface area contributed by atoms with Crippen molar-refractivity contribution in [3.8, 4) is 0 Å². The topological polar surface area (TPSA) is 38.8 Å². The lowest BCUT2D eigenvalue weighted by Crippen LogP contribution is -2.28. The van der Waals surface area contributed by atoms with Crippen LogP contribution in [0.3, 0.4) is 0 Å². The molecular formula is C9H15NO3. The monoisotopic (exact) mass is 185 g/mol. The molecule has 0 radical (unpaired) electrons.